The third-order valence-electron chi connectivity index (χ3n) is 3.18. The molecule has 0 spiro atoms. The molecular weight excluding hydrogens is 259 g/mol. The molecule has 0 aromatic carbocycles. The van der Waals surface area contributed by atoms with Crippen LogP contribution in [0.1, 0.15) is 23.7 Å². The fourth-order valence-corrected chi connectivity index (χ4v) is 2.29. The lowest BCUT2D eigenvalue weighted by molar-refractivity contribution is 0.0787. The lowest BCUT2D eigenvalue weighted by Crippen LogP contribution is -2.29. The highest BCUT2D eigenvalue weighted by molar-refractivity contribution is 6.34. The van der Waals surface area contributed by atoms with Gasteiger partial charge in [-0.1, -0.05) is 30.1 Å². The topological polar surface area (TPSA) is 33.2 Å². The Morgan fingerprint density at radius 3 is 2.71 bits per heavy atom. The highest BCUT2D eigenvalue weighted by atomic mass is 35.5. The Balaban J connectivity index is 2.07. The molecule has 2 unspecified atom stereocenters. The number of hydrogen-bond acceptors (Lipinski definition) is 2. The Hall–Kier alpha value is -0.800. The van der Waals surface area contributed by atoms with Crippen LogP contribution < -0.4 is 0 Å². The molecule has 0 saturated heterocycles. The second kappa shape index (κ2) is 4.83. The number of pyridine rings is 1. The Morgan fingerprint density at radius 2 is 2.18 bits per heavy atom. The average Bonchev–Trinajstić information content (AvgIpc) is 2.93. The van der Waals surface area contributed by atoms with Gasteiger partial charge in [0.15, 0.2) is 0 Å². The number of carbonyl (C=O) groups excluding carboxylic acids is 1. The predicted molar refractivity (Wildman–Crippen MR) is 68.5 cm³/mol. The highest BCUT2D eigenvalue weighted by Crippen LogP contribution is 2.38. The minimum absolute atomic E-state index is 0.0988. The van der Waals surface area contributed by atoms with Gasteiger partial charge in [0, 0.05) is 13.6 Å². The minimum Gasteiger partial charge on any atom is -0.341 e. The van der Waals surface area contributed by atoms with E-state index in [0.717, 1.165) is 12.5 Å². The van der Waals surface area contributed by atoms with Crippen molar-refractivity contribution < 1.29 is 4.79 Å². The van der Waals surface area contributed by atoms with E-state index < -0.39 is 0 Å². The van der Waals surface area contributed by atoms with Crippen molar-refractivity contribution in [2.45, 2.75) is 13.3 Å². The molecule has 2 rings (SSSR count). The molecule has 1 saturated carbocycles. The molecule has 2 atom stereocenters. The van der Waals surface area contributed by atoms with Crippen LogP contribution in [0.5, 0.6) is 0 Å². The molecule has 0 bridgehead atoms. The highest BCUT2D eigenvalue weighted by Gasteiger charge is 2.34. The predicted octanol–water partition coefficient (Wildman–Crippen LogP) is 3.12. The van der Waals surface area contributed by atoms with Crippen LogP contribution in [0.2, 0.25) is 10.3 Å². The molecule has 1 aliphatic rings. The number of rotatable bonds is 3. The summed E-state index contributed by atoms with van der Waals surface area (Å²) in [7, 11) is 1.79. The van der Waals surface area contributed by atoms with Gasteiger partial charge in [-0.15, -0.1) is 0 Å². The molecule has 3 nitrogen and oxygen atoms in total. The van der Waals surface area contributed by atoms with Crippen molar-refractivity contribution in [3.8, 4) is 0 Å². The molecule has 1 heterocycles. The van der Waals surface area contributed by atoms with E-state index in [4.69, 9.17) is 23.2 Å². The van der Waals surface area contributed by atoms with Gasteiger partial charge < -0.3 is 4.90 Å². The average molecular weight is 273 g/mol. The van der Waals surface area contributed by atoms with E-state index in [1.54, 1.807) is 24.1 Å². The maximum Gasteiger partial charge on any atom is 0.256 e. The van der Waals surface area contributed by atoms with Crippen molar-refractivity contribution >= 4 is 29.1 Å². The summed E-state index contributed by atoms with van der Waals surface area (Å²) < 4.78 is 0. The van der Waals surface area contributed by atoms with Crippen LogP contribution in [0.25, 0.3) is 0 Å². The van der Waals surface area contributed by atoms with Gasteiger partial charge in [0.1, 0.15) is 10.3 Å². The van der Waals surface area contributed by atoms with Gasteiger partial charge in [-0.05, 0) is 30.4 Å². The van der Waals surface area contributed by atoms with Crippen molar-refractivity contribution in [2.24, 2.45) is 11.8 Å². The first-order chi connectivity index (χ1) is 7.99. The summed E-state index contributed by atoms with van der Waals surface area (Å²) in [5.41, 5.74) is 0.409. The third-order valence-corrected chi connectivity index (χ3v) is 3.67. The number of amides is 1. The maximum atomic E-state index is 12.1. The third kappa shape index (κ3) is 2.90. The molecule has 1 fully saturated rings. The Kier molecular flexibility index (Phi) is 3.59. The Labute approximate surface area is 111 Å². The number of aromatic nitrogens is 1. The van der Waals surface area contributed by atoms with E-state index in [1.165, 1.54) is 6.42 Å². The summed E-state index contributed by atoms with van der Waals surface area (Å²) in [6.07, 6.45) is 1.20. The lowest BCUT2D eigenvalue weighted by atomic mass is 10.2. The van der Waals surface area contributed by atoms with Crippen molar-refractivity contribution in [2.75, 3.05) is 13.6 Å². The number of carbonyl (C=O) groups is 1. The van der Waals surface area contributed by atoms with Gasteiger partial charge in [-0.25, -0.2) is 4.98 Å². The smallest absolute Gasteiger partial charge is 0.256 e. The van der Waals surface area contributed by atoms with Crippen LogP contribution in [0.4, 0.5) is 0 Å². The molecule has 5 heteroatoms. The van der Waals surface area contributed by atoms with Crippen LogP contribution in [0.15, 0.2) is 12.1 Å². The normalized spacial score (nSPS) is 22.4. The number of halogens is 2. The van der Waals surface area contributed by atoms with E-state index in [1.807, 2.05) is 0 Å². The van der Waals surface area contributed by atoms with Crippen LogP contribution in [0, 0.1) is 11.8 Å². The van der Waals surface area contributed by atoms with Gasteiger partial charge in [-0.2, -0.15) is 0 Å². The SMILES string of the molecule is CC1CC1CN(C)C(=O)c1ccc(Cl)nc1Cl. The maximum absolute atomic E-state index is 12.1. The van der Waals surface area contributed by atoms with E-state index in [2.05, 4.69) is 11.9 Å². The Morgan fingerprint density at radius 1 is 1.53 bits per heavy atom. The van der Waals surface area contributed by atoms with Crippen LogP contribution in [0.3, 0.4) is 0 Å². The molecular formula is C12H14Cl2N2O. The Bertz CT molecular complexity index is 450. The van der Waals surface area contributed by atoms with Crippen LogP contribution in [-0.2, 0) is 0 Å². The first kappa shape index (κ1) is 12.7. The lowest BCUT2D eigenvalue weighted by Gasteiger charge is -2.17. The minimum atomic E-state index is -0.0988. The van der Waals surface area contributed by atoms with Crippen LogP contribution >= 0.6 is 23.2 Å². The monoisotopic (exact) mass is 272 g/mol. The van der Waals surface area contributed by atoms with E-state index >= 15 is 0 Å². The molecule has 1 aromatic heterocycles. The molecule has 92 valence electrons. The van der Waals surface area contributed by atoms with Crippen molar-refractivity contribution in [1.82, 2.24) is 9.88 Å². The summed E-state index contributed by atoms with van der Waals surface area (Å²) in [5.74, 6) is 1.25. The standard InChI is InChI=1S/C12H14Cl2N2O/c1-7-5-8(7)6-16(2)12(17)9-3-4-10(13)15-11(9)14/h3-4,7-8H,5-6H2,1-2H3. The van der Waals surface area contributed by atoms with E-state index in [9.17, 15) is 4.79 Å². The molecule has 0 aliphatic heterocycles. The van der Waals surface area contributed by atoms with E-state index in [0.29, 0.717) is 16.6 Å². The van der Waals surface area contributed by atoms with E-state index in [-0.39, 0.29) is 11.1 Å². The zero-order valence-electron chi connectivity index (χ0n) is 9.78. The molecule has 17 heavy (non-hydrogen) atoms. The quantitative estimate of drug-likeness (QED) is 0.793. The van der Waals surface area contributed by atoms with Gasteiger partial charge in [0.25, 0.3) is 5.91 Å². The van der Waals surface area contributed by atoms with Gasteiger partial charge in [0.2, 0.25) is 0 Å². The second-order valence-electron chi connectivity index (χ2n) is 4.63. The fraction of sp³-hybridized carbons (Fsp3) is 0.500. The first-order valence-electron chi connectivity index (χ1n) is 5.56. The first-order valence-corrected chi connectivity index (χ1v) is 6.32. The molecule has 1 aliphatic carbocycles. The van der Waals surface area contributed by atoms with Crippen LogP contribution in [-0.4, -0.2) is 29.4 Å². The van der Waals surface area contributed by atoms with Crippen molar-refractivity contribution in [3.63, 3.8) is 0 Å². The summed E-state index contributed by atoms with van der Waals surface area (Å²) in [5, 5.41) is 0.461. The van der Waals surface area contributed by atoms with Crippen molar-refractivity contribution in [3.05, 3.63) is 28.0 Å². The van der Waals surface area contributed by atoms with Crippen molar-refractivity contribution in [1.29, 1.82) is 0 Å². The summed E-state index contributed by atoms with van der Waals surface area (Å²) in [4.78, 5) is 17.7. The fourth-order valence-electron chi connectivity index (χ4n) is 1.87. The number of hydrogen-bond donors (Lipinski definition) is 0. The zero-order chi connectivity index (χ0) is 12.6. The summed E-state index contributed by atoms with van der Waals surface area (Å²) >= 11 is 11.6. The molecule has 0 N–H and O–H groups in total. The number of nitrogens with zero attached hydrogens (tertiary/aromatic N) is 2. The zero-order valence-corrected chi connectivity index (χ0v) is 11.3. The molecule has 1 aromatic rings. The molecule has 0 radical (unpaired) electrons. The largest absolute Gasteiger partial charge is 0.341 e. The summed E-state index contributed by atoms with van der Waals surface area (Å²) in [6.45, 7) is 2.97. The van der Waals surface area contributed by atoms with Gasteiger partial charge >= 0.3 is 0 Å². The molecule has 1 amide bonds. The summed E-state index contributed by atoms with van der Waals surface area (Å²) in [6, 6.07) is 3.20. The van der Waals surface area contributed by atoms with Gasteiger partial charge in [-0.3, -0.25) is 4.79 Å². The van der Waals surface area contributed by atoms with Gasteiger partial charge in [0.05, 0.1) is 5.56 Å². The second-order valence-corrected chi connectivity index (χ2v) is 5.38.